The number of carbonyl (C=O) groups excluding carboxylic acids is 2. The van der Waals surface area contributed by atoms with Crippen LogP contribution in [0.3, 0.4) is 0 Å². The van der Waals surface area contributed by atoms with Gasteiger partial charge in [-0.3, -0.25) is 9.78 Å². The summed E-state index contributed by atoms with van der Waals surface area (Å²) in [7, 11) is 0. The number of amidine groups is 1. The van der Waals surface area contributed by atoms with Crippen LogP contribution in [0.1, 0.15) is 50.1 Å². The number of carbonyl (C=O) groups is 2. The van der Waals surface area contributed by atoms with Crippen LogP contribution in [0, 0.1) is 0 Å². The fourth-order valence-electron chi connectivity index (χ4n) is 4.00. The van der Waals surface area contributed by atoms with Crippen molar-refractivity contribution in [1.29, 1.82) is 0 Å². The summed E-state index contributed by atoms with van der Waals surface area (Å²) in [6, 6.07) is 9.22. The quantitative estimate of drug-likeness (QED) is 0.487. The molecule has 0 aliphatic carbocycles. The zero-order chi connectivity index (χ0) is 26.7. The minimum Gasteiger partial charge on any atom is -0.459 e. The first-order chi connectivity index (χ1) is 17.5. The molecule has 11 heteroatoms. The Morgan fingerprint density at radius 1 is 1.16 bits per heavy atom. The van der Waals surface area contributed by atoms with E-state index in [2.05, 4.69) is 15.3 Å². The number of aliphatic imine (C=N–C) groups is 1. The second kappa shape index (κ2) is 10.8. The number of benzene rings is 1. The molecule has 0 saturated heterocycles. The van der Waals surface area contributed by atoms with Gasteiger partial charge in [0.2, 0.25) is 5.91 Å². The van der Waals surface area contributed by atoms with Gasteiger partial charge in [-0.15, -0.1) is 0 Å². The number of hydrogen-bond donors (Lipinski definition) is 1. The van der Waals surface area contributed by atoms with Crippen LogP contribution < -0.4 is 5.32 Å². The summed E-state index contributed by atoms with van der Waals surface area (Å²) in [5.74, 6) is -0.890. The van der Waals surface area contributed by atoms with Crippen molar-refractivity contribution in [2.45, 2.75) is 52.1 Å². The fourth-order valence-corrected chi connectivity index (χ4v) is 4.96. The lowest BCUT2D eigenvalue weighted by atomic mass is 9.93. The highest BCUT2D eigenvalue weighted by molar-refractivity contribution is 8.16. The number of nitrogens with one attached hydrogen (secondary N) is 1. The molecule has 0 saturated carbocycles. The van der Waals surface area contributed by atoms with Gasteiger partial charge in [-0.25, -0.2) is 9.79 Å². The average molecular weight is 531 g/mol. The second-order valence-electron chi connectivity index (χ2n) is 8.74. The lowest BCUT2D eigenvalue weighted by Crippen LogP contribution is -2.38. The molecule has 37 heavy (non-hydrogen) atoms. The van der Waals surface area contributed by atoms with E-state index < -0.39 is 29.9 Å². The molecular formula is C26H25F3N4O3S. The molecule has 0 bridgehead atoms. The molecular weight excluding hydrogens is 505 g/mol. The maximum Gasteiger partial charge on any atom is 0.416 e. The topological polar surface area (TPSA) is 83.9 Å². The second-order valence-corrected chi connectivity index (χ2v) is 9.58. The predicted octanol–water partition coefficient (Wildman–Crippen LogP) is 5.33. The van der Waals surface area contributed by atoms with Crippen LogP contribution in [0.4, 0.5) is 13.2 Å². The standard InChI is InChI=1S/C26H25F3N4O3S/c1-15(2)36-24(35)22-16(3)32-25-33(23(22)17-7-9-18(10-8-17)26(27,28)29)20(14-37-25)12-21(34)31-13-19-6-4-5-11-30-19/h4-11,14-15,23H,12-13H2,1-3H3,(H,31,34). The third kappa shape index (κ3) is 6.04. The number of thioether (sulfide) groups is 1. The van der Waals surface area contributed by atoms with Crippen LogP contribution in [0.5, 0.6) is 0 Å². The Balaban J connectivity index is 1.64. The number of rotatable bonds is 7. The van der Waals surface area contributed by atoms with Crippen LogP contribution in [0.2, 0.25) is 0 Å². The van der Waals surface area contributed by atoms with Crippen LogP contribution in [-0.4, -0.2) is 33.0 Å². The number of fused-ring (bicyclic) bond motifs is 1. The minimum atomic E-state index is -4.50. The lowest BCUT2D eigenvalue weighted by Gasteiger charge is -2.36. The van der Waals surface area contributed by atoms with Gasteiger partial charge in [0, 0.05) is 11.9 Å². The van der Waals surface area contributed by atoms with Gasteiger partial charge in [-0.2, -0.15) is 13.2 Å². The molecule has 194 valence electrons. The van der Waals surface area contributed by atoms with Crippen molar-refractivity contribution in [3.63, 3.8) is 0 Å². The van der Waals surface area contributed by atoms with Gasteiger partial charge in [0.25, 0.3) is 0 Å². The largest absolute Gasteiger partial charge is 0.459 e. The summed E-state index contributed by atoms with van der Waals surface area (Å²) in [5, 5.41) is 5.11. The van der Waals surface area contributed by atoms with Crippen molar-refractivity contribution < 1.29 is 27.5 Å². The number of allylic oxidation sites excluding steroid dienone is 1. The zero-order valence-corrected chi connectivity index (χ0v) is 21.2. The fraction of sp³-hybridized carbons (Fsp3) is 0.308. The molecule has 2 aromatic rings. The third-order valence-corrected chi connectivity index (χ3v) is 6.54. The van der Waals surface area contributed by atoms with E-state index in [1.54, 1.807) is 49.4 Å². The van der Waals surface area contributed by atoms with Gasteiger partial charge in [0.1, 0.15) is 0 Å². The van der Waals surface area contributed by atoms with E-state index in [9.17, 15) is 22.8 Å². The van der Waals surface area contributed by atoms with Gasteiger partial charge < -0.3 is 15.0 Å². The van der Waals surface area contributed by atoms with Crippen LogP contribution in [0.25, 0.3) is 0 Å². The Labute approximate surface area is 216 Å². The molecule has 1 aromatic carbocycles. The number of hydrogen-bond acceptors (Lipinski definition) is 7. The van der Waals surface area contributed by atoms with Gasteiger partial charge in [0.15, 0.2) is 5.17 Å². The molecule has 0 radical (unpaired) electrons. The van der Waals surface area contributed by atoms with Gasteiger partial charge in [-0.1, -0.05) is 30.0 Å². The first kappa shape index (κ1) is 26.5. The molecule has 1 amide bonds. The van der Waals surface area contributed by atoms with E-state index in [4.69, 9.17) is 4.74 Å². The van der Waals surface area contributed by atoms with E-state index >= 15 is 0 Å². The number of amides is 1. The number of pyridine rings is 1. The molecule has 3 heterocycles. The number of ether oxygens (including phenoxy) is 1. The van der Waals surface area contributed by atoms with E-state index in [1.165, 1.54) is 23.9 Å². The van der Waals surface area contributed by atoms with Gasteiger partial charge in [0.05, 0.1) is 47.6 Å². The zero-order valence-electron chi connectivity index (χ0n) is 20.4. The van der Waals surface area contributed by atoms with Crippen LogP contribution in [0.15, 0.2) is 76.0 Å². The van der Waals surface area contributed by atoms with Crippen molar-refractivity contribution in [2.75, 3.05) is 0 Å². The van der Waals surface area contributed by atoms with Crippen LogP contribution in [-0.2, 0) is 27.0 Å². The number of halogens is 3. The summed E-state index contributed by atoms with van der Waals surface area (Å²) < 4.78 is 45.1. The van der Waals surface area contributed by atoms with Gasteiger partial charge >= 0.3 is 12.1 Å². The Morgan fingerprint density at radius 3 is 2.51 bits per heavy atom. The van der Waals surface area contributed by atoms with E-state index in [0.717, 1.165) is 12.1 Å². The van der Waals surface area contributed by atoms with Crippen LogP contribution >= 0.6 is 11.8 Å². The molecule has 1 unspecified atom stereocenters. The number of nitrogens with zero attached hydrogens (tertiary/aromatic N) is 3. The van der Waals surface area contributed by atoms with Crippen molar-refractivity contribution >= 4 is 28.8 Å². The van der Waals surface area contributed by atoms with Crippen molar-refractivity contribution in [1.82, 2.24) is 15.2 Å². The summed E-state index contributed by atoms with van der Waals surface area (Å²) in [6.07, 6.45) is -3.30. The number of aromatic nitrogens is 1. The molecule has 2 aliphatic heterocycles. The first-order valence-electron chi connectivity index (χ1n) is 11.5. The summed E-state index contributed by atoms with van der Waals surface area (Å²) in [5.41, 5.74) is 1.52. The molecule has 0 spiro atoms. The summed E-state index contributed by atoms with van der Waals surface area (Å²) in [4.78, 5) is 36.4. The molecule has 1 N–H and O–H groups in total. The van der Waals surface area contributed by atoms with Gasteiger partial charge in [-0.05, 0) is 56.0 Å². The first-order valence-corrected chi connectivity index (χ1v) is 12.4. The van der Waals surface area contributed by atoms with E-state index in [1.807, 2.05) is 6.07 Å². The smallest absolute Gasteiger partial charge is 0.416 e. The maximum atomic E-state index is 13.2. The molecule has 4 rings (SSSR count). The SMILES string of the molecule is CC1=C(C(=O)OC(C)C)C(c2ccc(C(F)(F)F)cc2)N2C(CC(=O)NCc3ccccn3)=CSC2=N1. The Hall–Kier alpha value is -3.60. The molecule has 0 fully saturated rings. The third-order valence-electron chi connectivity index (χ3n) is 5.65. The monoisotopic (exact) mass is 530 g/mol. The lowest BCUT2D eigenvalue weighted by molar-refractivity contribution is -0.143. The van der Waals surface area contributed by atoms with Crippen molar-refractivity contribution in [3.05, 3.63) is 87.9 Å². The highest BCUT2D eigenvalue weighted by Crippen LogP contribution is 2.45. The predicted molar refractivity (Wildman–Crippen MR) is 134 cm³/mol. The summed E-state index contributed by atoms with van der Waals surface area (Å²) in [6.45, 7) is 5.33. The molecule has 1 atom stereocenters. The minimum absolute atomic E-state index is 0.0262. The van der Waals surface area contributed by atoms with E-state index in [0.29, 0.717) is 27.8 Å². The highest BCUT2D eigenvalue weighted by atomic mass is 32.2. The average Bonchev–Trinajstić information content (AvgIpc) is 3.23. The Morgan fingerprint density at radius 2 is 1.89 bits per heavy atom. The number of alkyl halides is 3. The normalized spacial score (nSPS) is 17.4. The molecule has 1 aromatic heterocycles. The van der Waals surface area contributed by atoms with Crippen molar-refractivity contribution in [3.8, 4) is 0 Å². The highest BCUT2D eigenvalue weighted by Gasteiger charge is 2.41. The molecule has 2 aliphatic rings. The van der Waals surface area contributed by atoms with Crippen molar-refractivity contribution in [2.24, 2.45) is 4.99 Å². The Kier molecular flexibility index (Phi) is 7.72. The Bertz CT molecular complexity index is 1270. The van der Waals surface area contributed by atoms with E-state index in [-0.39, 0.29) is 24.4 Å². The molecule has 7 nitrogen and oxygen atoms in total. The summed E-state index contributed by atoms with van der Waals surface area (Å²) >= 11 is 1.28. The number of esters is 1. The maximum absolute atomic E-state index is 13.2.